The van der Waals surface area contributed by atoms with E-state index in [4.69, 9.17) is 25.8 Å². The number of imide groups is 1. The van der Waals surface area contributed by atoms with Crippen LogP contribution in [0.5, 0.6) is 11.5 Å². The van der Waals surface area contributed by atoms with E-state index in [0.717, 1.165) is 4.90 Å². The maximum atomic E-state index is 13.1. The number of amides is 2. The van der Waals surface area contributed by atoms with E-state index in [1.807, 2.05) is 6.92 Å². The average molecular weight is 535 g/mol. The standard InChI is InChI=1S/C28H23ClN2O7/c1-3-16-37-27(34)17-10-14-20(15-11-17)31-25(32)23(29)24(26(31)33)30-19-12-8-18(9-13-19)28(35)38-22-7-5-4-6-21(22)36-2/h4-15,30H,3,16H2,1-2H3. The molecule has 0 aromatic heterocycles. The van der Waals surface area contributed by atoms with Crippen LogP contribution in [0, 0.1) is 0 Å². The fourth-order valence-corrected chi connectivity index (χ4v) is 3.78. The molecule has 194 valence electrons. The van der Waals surface area contributed by atoms with Gasteiger partial charge in [-0.1, -0.05) is 30.7 Å². The minimum atomic E-state index is -0.711. The van der Waals surface area contributed by atoms with Gasteiger partial charge in [-0.15, -0.1) is 0 Å². The molecule has 38 heavy (non-hydrogen) atoms. The zero-order valence-corrected chi connectivity index (χ0v) is 21.3. The topological polar surface area (TPSA) is 111 Å². The zero-order valence-electron chi connectivity index (χ0n) is 20.5. The number of hydrogen-bond donors (Lipinski definition) is 1. The molecule has 0 atom stereocenters. The molecule has 10 heteroatoms. The number of benzene rings is 3. The van der Waals surface area contributed by atoms with Crippen LogP contribution in [0.1, 0.15) is 34.1 Å². The first kappa shape index (κ1) is 26.4. The molecule has 1 aliphatic heterocycles. The Hall–Kier alpha value is -4.63. The maximum absolute atomic E-state index is 13.1. The lowest BCUT2D eigenvalue weighted by Crippen LogP contribution is -2.32. The number of carbonyl (C=O) groups excluding carboxylic acids is 4. The Labute approximate surface area is 223 Å². The second-order valence-corrected chi connectivity index (χ2v) is 8.44. The summed E-state index contributed by atoms with van der Waals surface area (Å²) in [5, 5.41) is 2.56. The summed E-state index contributed by atoms with van der Waals surface area (Å²) >= 11 is 6.20. The molecule has 0 saturated carbocycles. The summed E-state index contributed by atoms with van der Waals surface area (Å²) in [6.07, 6.45) is 0.691. The predicted molar refractivity (Wildman–Crippen MR) is 140 cm³/mol. The Kier molecular flexibility index (Phi) is 8.08. The summed E-state index contributed by atoms with van der Waals surface area (Å²) in [5.41, 5.74) is 1.10. The molecule has 4 rings (SSSR count). The molecule has 0 saturated heterocycles. The van der Waals surface area contributed by atoms with Crippen LogP contribution < -0.4 is 19.7 Å². The number of nitrogens with zero attached hydrogens (tertiary/aromatic N) is 1. The number of methoxy groups -OCH3 is 1. The Morgan fingerprint density at radius 2 is 1.45 bits per heavy atom. The first-order valence-electron chi connectivity index (χ1n) is 11.6. The smallest absolute Gasteiger partial charge is 0.343 e. The Morgan fingerprint density at radius 3 is 2.08 bits per heavy atom. The fraction of sp³-hybridized carbons (Fsp3) is 0.143. The summed E-state index contributed by atoms with van der Waals surface area (Å²) in [6, 6.07) is 18.7. The van der Waals surface area contributed by atoms with Crippen LogP contribution in [-0.4, -0.2) is 37.5 Å². The van der Waals surface area contributed by atoms with Crippen molar-refractivity contribution >= 4 is 46.7 Å². The number of hydrogen-bond acceptors (Lipinski definition) is 8. The first-order valence-corrected chi connectivity index (χ1v) is 12.0. The van der Waals surface area contributed by atoms with Crippen molar-refractivity contribution in [2.75, 3.05) is 23.9 Å². The molecule has 0 bridgehead atoms. The number of esters is 2. The number of ether oxygens (including phenoxy) is 3. The number of rotatable bonds is 9. The lowest BCUT2D eigenvalue weighted by atomic mass is 10.2. The molecule has 3 aromatic rings. The van der Waals surface area contributed by atoms with E-state index in [9.17, 15) is 19.2 Å². The van der Waals surface area contributed by atoms with Gasteiger partial charge in [0.25, 0.3) is 11.8 Å². The van der Waals surface area contributed by atoms with Gasteiger partial charge in [0, 0.05) is 5.69 Å². The number of para-hydroxylation sites is 2. The van der Waals surface area contributed by atoms with Gasteiger partial charge >= 0.3 is 11.9 Å². The van der Waals surface area contributed by atoms with Crippen LogP contribution in [0.15, 0.2) is 83.5 Å². The molecular weight excluding hydrogens is 512 g/mol. The molecule has 1 aliphatic rings. The van der Waals surface area contributed by atoms with E-state index >= 15 is 0 Å². The van der Waals surface area contributed by atoms with Gasteiger partial charge < -0.3 is 19.5 Å². The molecule has 0 spiro atoms. The van der Waals surface area contributed by atoms with Crippen molar-refractivity contribution in [2.24, 2.45) is 0 Å². The lowest BCUT2D eigenvalue weighted by molar-refractivity contribution is -0.120. The van der Waals surface area contributed by atoms with Crippen LogP contribution in [0.4, 0.5) is 11.4 Å². The van der Waals surface area contributed by atoms with Gasteiger partial charge in [0.2, 0.25) is 0 Å². The van der Waals surface area contributed by atoms with Gasteiger partial charge in [-0.05, 0) is 67.1 Å². The minimum absolute atomic E-state index is 0.118. The average Bonchev–Trinajstić information content (AvgIpc) is 3.15. The maximum Gasteiger partial charge on any atom is 0.343 e. The van der Waals surface area contributed by atoms with E-state index in [-0.39, 0.29) is 27.7 Å². The van der Waals surface area contributed by atoms with Gasteiger partial charge in [-0.25, -0.2) is 14.5 Å². The van der Waals surface area contributed by atoms with Crippen LogP contribution >= 0.6 is 11.6 Å². The van der Waals surface area contributed by atoms with Crippen molar-refractivity contribution in [2.45, 2.75) is 13.3 Å². The number of anilines is 2. The van der Waals surface area contributed by atoms with Crippen LogP contribution in [0.2, 0.25) is 0 Å². The molecular formula is C28H23ClN2O7. The summed E-state index contributed by atoms with van der Waals surface area (Å²) < 4.78 is 15.7. The molecule has 0 aliphatic carbocycles. The third kappa shape index (κ3) is 5.52. The van der Waals surface area contributed by atoms with E-state index in [0.29, 0.717) is 30.0 Å². The van der Waals surface area contributed by atoms with Crippen LogP contribution in [0.3, 0.4) is 0 Å². The summed E-state index contributed by atoms with van der Waals surface area (Å²) in [7, 11) is 1.47. The number of carbonyl (C=O) groups is 4. The summed E-state index contributed by atoms with van der Waals surface area (Å²) in [5.74, 6) is -1.77. The minimum Gasteiger partial charge on any atom is -0.493 e. The second kappa shape index (κ2) is 11.6. The van der Waals surface area contributed by atoms with Crippen LogP contribution in [0.25, 0.3) is 0 Å². The number of nitrogens with one attached hydrogen (secondary N) is 1. The third-order valence-electron chi connectivity index (χ3n) is 5.49. The van der Waals surface area contributed by atoms with Gasteiger partial charge in [0.05, 0.1) is 30.5 Å². The highest BCUT2D eigenvalue weighted by molar-refractivity contribution is 6.53. The van der Waals surface area contributed by atoms with E-state index < -0.39 is 23.8 Å². The second-order valence-electron chi connectivity index (χ2n) is 8.06. The largest absolute Gasteiger partial charge is 0.493 e. The van der Waals surface area contributed by atoms with Crippen molar-refractivity contribution in [1.29, 1.82) is 0 Å². The van der Waals surface area contributed by atoms with Gasteiger partial charge in [0.15, 0.2) is 11.5 Å². The summed E-state index contributed by atoms with van der Waals surface area (Å²) in [4.78, 5) is 51.3. The molecule has 1 heterocycles. The SMILES string of the molecule is CCCOC(=O)c1ccc(N2C(=O)C(Cl)=C(Nc3ccc(C(=O)Oc4ccccc4OC)cc3)C2=O)cc1. The van der Waals surface area contributed by atoms with Crippen molar-refractivity contribution in [3.8, 4) is 11.5 Å². The van der Waals surface area contributed by atoms with Gasteiger partial charge in [-0.3, -0.25) is 9.59 Å². The van der Waals surface area contributed by atoms with Gasteiger partial charge in [0.1, 0.15) is 10.7 Å². The molecule has 0 unspecified atom stereocenters. The molecule has 0 radical (unpaired) electrons. The number of halogens is 1. The van der Waals surface area contributed by atoms with Crippen molar-refractivity contribution in [1.82, 2.24) is 0 Å². The quantitative estimate of drug-likeness (QED) is 0.234. The highest BCUT2D eigenvalue weighted by Crippen LogP contribution is 2.31. The first-order chi connectivity index (χ1) is 18.3. The summed E-state index contributed by atoms with van der Waals surface area (Å²) in [6.45, 7) is 2.18. The normalized spacial score (nSPS) is 13.0. The van der Waals surface area contributed by atoms with Crippen molar-refractivity contribution in [3.63, 3.8) is 0 Å². The monoisotopic (exact) mass is 534 g/mol. The molecule has 0 fully saturated rings. The Bertz CT molecular complexity index is 1420. The highest BCUT2D eigenvalue weighted by atomic mass is 35.5. The van der Waals surface area contributed by atoms with E-state index in [1.54, 1.807) is 36.4 Å². The van der Waals surface area contributed by atoms with E-state index in [1.165, 1.54) is 43.5 Å². The van der Waals surface area contributed by atoms with Crippen molar-refractivity contribution in [3.05, 3.63) is 94.7 Å². The Morgan fingerprint density at radius 1 is 0.842 bits per heavy atom. The molecule has 2 amide bonds. The fourth-order valence-electron chi connectivity index (χ4n) is 3.57. The molecule has 9 nitrogen and oxygen atoms in total. The van der Waals surface area contributed by atoms with Crippen molar-refractivity contribution < 1.29 is 33.4 Å². The van der Waals surface area contributed by atoms with Gasteiger partial charge in [-0.2, -0.15) is 0 Å². The Balaban J connectivity index is 1.44. The third-order valence-corrected chi connectivity index (χ3v) is 5.84. The predicted octanol–water partition coefficient (Wildman–Crippen LogP) is 4.92. The molecule has 1 N–H and O–H groups in total. The zero-order chi connectivity index (χ0) is 27.2. The van der Waals surface area contributed by atoms with Crippen LogP contribution in [-0.2, 0) is 14.3 Å². The van der Waals surface area contributed by atoms with E-state index in [2.05, 4.69) is 5.32 Å². The highest BCUT2D eigenvalue weighted by Gasteiger charge is 2.39. The lowest BCUT2D eigenvalue weighted by Gasteiger charge is -2.15. The molecule has 3 aromatic carbocycles.